The number of carbonyl (C=O) groups is 1. The fourth-order valence-corrected chi connectivity index (χ4v) is 5.86. The fourth-order valence-electron chi connectivity index (χ4n) is 3.25. The molecule has 1 amide bonds. The summed E-state index contributed by atoms with van der Waals surface area (Å²) in [6.07, 6.45) is 0.631. The van der Waals surface area contributed by atoms with Gasteiger partial charge < -0.3 is 20.6 Å². The van der Waals surface area contributed by atoms with Crippen molar-refractivity contribution in [3.63, 3.8) is 0 Å². The Balaban J connectivity index is 1.71. The quantitative estimate of drug-likeness (QED) is 0.514. The van der Waals surface area contributed by atoms with E-state index in [4.69, 9.17) is 0 Å². The highest BCUT2D eigenvalue weighted by Gasteiger charge is 2.34. The maximum atomic E-state index is 12.7. The van der Waals surface area contributed by atoms with Gasteiger partial charge >= 0.3 is 0 Å². The van der Waals surface area contributed by atoms with E-state index in [1.807, 2.05) is 12.1 Å². The van der Waals surface area contributed by atoms with Gasteiger partial charge in [-0.15, -0.1) is 11.3 Å². The van der Waals surface area contributed by atoms with Crippen LogP contribution in [0.1, 0.15) is 32.5 Å². The number of likely N-dealkylation sites (N-methyl/N-ethyl adjacent to an activating group) is 1. The number of halogens is 2. The van der Waals surface area contributed by atoms with Crippen molar-refractivity contribution in [1.82, 2.24) is 5.32 Å². The van der Waals surface area contributed by atoms with E-state index in [1.54, 1.807) is 11.3 Å². The van der Waals surface area contributed by atoms with Crippen molar-refractivity contribution in [1.29, 1.82) is 0 Å². The number of benzene rings is 1. The molecule has 126 valence electrons. The summed E-state index contributed by atoms with van der Waals surface area (Å²) in [5.41, 5.74) is 2.90. The molecular weight excluding hydrogens is 458 g/mol. The minimum Gasteiger partial charge on any atom is -0.506 e. The molecule has 5 nitrogen and oxygen atoms in total. The highest BCUT2D eigenvalue weighted by Crippen LogP contribution is 2.41. The average Bonchev–Trinajstić information content (AvgIpc) is 2.89. The first-order chi connectivity index (χ1) is 11.4. The molecule has 1 unspecified atom stereocenters. The summed E-state index contributed by atoms with van der Waals surface area (Å²) >= 11 is 8.38. The van der Waals surface area contributed by atoms with E-state index in [1.165, 1.54) is 15.3 Å². The molecular formula is C16H16Br2N3O2S+. The van der Waals surface area contributed by atoms with Gasteiger partial charge in [-0.05, 0) is 55.1 Å². The van der Waals surface area contributed by atoms with Gasteiger partial charge in [-0.3, -0.25) is 4.79 Å². The number of phenols is 1. The number of hydrogen-bond donors (Lipinski definition) is 4. The monoisotopic (exact) mass is 472 g/mol. The van der Waals surface area contributed by atoms with Crippen molar-refractivity contribution < 1.29 is 14.8 Å². The molecule has 8 heteroatoms. The van der Waals surface area contributed by atoms with Gasteiger partial charge in [0.25, 0.3) is 5.91 Å². The summed E-state index contributed by atoms with van der Waals surface area (Å²) in [5, 5.41) is 17.3. The molecule has 0 fully saturated rings. The van der Waals surface area contributed by atoms with Crippen LogP contribution in [0.15, 0.2) is 21.1 Å². The maximum absolute atomic E-state index is 12.7. The standard InChI is InChI=1S/C16H15Br2N3O2S/c1-21-3-2-8-11(6-21)24-16-12(8)15(23)19-14(20-16)7-4-9(17)13(22)10(18)5-7/h4-5,14,20,22H,2-3,6H2,1H3,(H,19,23)/p+1/t14-/m0/s1. The van der Waals surface area contributed by atoms with Gasteiger partial charge in [-0.25, -0.2) is 0 Å². The Bertz CT molecular complexity index is 829. The lowest BCUT2D eigenvalue weighted by atomic mass is 10.0. The largest absolute Gasteiger partial charge is 0.506 e. The molecule has 1 aromatic carbocycles. The summed E-state index contributed by atoms with van der Waals surface area (Å²) in [7, 11) is 2.18. The lowest BCUT2D eigenvalue weighted by Gasteiger charge is -2.27. The molecule has 2 aromatic rings. The van der Waals surface area contributed by atoms with Crippen LogP contribution < -0.4 is 15.5 Å². The van der Waals surface area contributed by atoms with Crippen molar-refractivity contribution >= 4 is 54.1 Å². The molecule has 0 radical (unpaired) electrons. The molecule has 4 N–H and O–H groups in total. The molecule has 2 aliphatic heterocycles. The first-order valence-corrected chi connectivity index (χ1v) is 10.1. The van der Waals surface area contributed by atoms with Crippen LogP contribution in [0.25, 0.3) is 0 Å². The predicted octanol–water partition coefficient (Wildman–Crippen LogP) is 2.40. The topological polar surface area (TPSA) is 65.8 Å². The zero-order chi connectivity index (χ0) is 17.0. The highest BCUT2D eigenvalue weighted by atomic mass is 79.9. The van der Waals surface area contributed by atoms with Crippen molar-refractivity contribution in [3.8, 4) is 5.75 Å². The van der Waals surface area contributed by atoms with Crippen LogP contribution in [-0.4, -0.2) is 24.6 Å². The molecule has 1 aromatic heterocycles. The lowest BCUT2D eigenvalue weighted by molar-refractivity contribution is -0.895. The van der Waals surface area contributed by atoms with Crippen LogP contribution in [0.2, 0.25) is 0 Å². The summed E-state index contributed by atoms with van der Waals surface area (Å²) < 4.78 is 1.17. The highest BCUT2D eigenvalue weighted by molar-refractivity contribution is 9.11. The number of thiophene rings is 1. The SMILES string of the molecule is C[NH+]1CCc2c(sc3c2C(=O)N[C@H](c2cc(Br)c(O)c(Br)c2)N3)C1. The third-order valence-electron chi connectivity index (χ3n) is 4.51. The zero-order valence-corrected chi connectivity index (χ0v) is 16.9. The second-order valence-corrected chi connectivity index (χ2v) is 9.04. The van der Waals surface area contributed by atoms with E-state index in [0.29, 0.717) is 8.95 Å². The Morgan fingerprint density at radius 1 is 1.29 bits per heavy atom. The number of anilines is 1. The first kappa shape index (κ1) is 16.4. The Morgan fingerprint density at radius 2 is 2.00 bits per heavy atom. The third-order valence-corrected chi connectivity index (χ3v) is 6.88. The molecule has 0 spiro atoms. The van der Waals surface area contributed by atoms with Crippen LogP contribution in [-0.2, 0) is 13.0 Å². The number of fused-ring (bicyclic) bond motifs is 3. The van der Waals surface area contributed by atoms with Crippen LogP contribution in [0.5, 0.6) is 5.75 Å². The number of aromatic hydroxyl groups is 1. The van der Waals surface area contributed by atoms with Gasteiger partial charge in [0.1, 0.15) is 23.5 Å². The molecule has 24 heavy (non-hydrogen) atoms. The van der Waals surface area contributed by atoms with Gasteiger partial charge in [0.05, 0.1) is 33.0 Å². The number of carbonyl (C=O) groups excluding carboxylic acids is 1. The number of quaternary nitrogens is 1. The first-order valence-electron chi connectivity index (χ1n) is 7.65. The molecule has 0 saturated carbocycles. The molecule has 2 atom stereocenters. The molecule has 4 rings (SSSR count). The number of phenolic OH excluding ortho intramolecular Hbond substituents is 1. The predicted molar refractivity (Wildman–Crippen MR) is 101 cm³/mol. The molecule has 2 aliphatic rings. The Kier molecular flexibility index (Phi) is 4.11. The minimum atomic E-state index is -0.316. The normalized spacial score (nSPS) is 22.4. The van der Waals surface area contributed by atoms with Crippen LogP contribution in [0, 0.1) is 0 Å². The second kappa shape index (κ2) is 6.01. The average molecular weight is 474 g/mol. The van der Waals surface area contributed by atoms with Crippen molar-refractivity contribution in [2.75, 3.05) is 18.9 Å². The number of amides is 1. The van der Waals surface area contributed by atoms with Crippen LogP contribution in [0.3, 0.4) is 0 Å². The Hall–Kier alpha value is -1.09. The smallest absolute Gasteiger partial charge is 0.256 e. The number of nitrogens with one attached hydrogen (secondary N) is 3. The molecule has 0 bridgehead atoms. The summed E-state index contributed by atoms with van der Waals surface area (Å²) in [6.45, 7) is 2.04. The van der Waals surface area contributed by atoms with Gasteiger partial charge in [0.15, 0.2) is 0 Å². The molecule has 0 saturated heterocycles. The molecule has 0 aliphatic carbocycles. The van der Waals surface area contributed by atoms with Crippen LogP contribution in [0.4, 0.5) is 5.00 Å². The van der Waals surface area contributed by atoms with E-state index in [0.717, 1.165) is 35.6 Å². The number of rotatable bonds is 1. The van der Waals surface area contributed by atoms with Gasteiger partial charge in [0, 0.05) is 6.42 Å². The van der Waals surface area contributed by atoms with Gasteiger partial charge in [-0.2, -0.15) is 0 Å². The van der Waals surface area contributed by atoms with E-state index < -0.39 is 0 Å². The molecule has 3 heterocycles. The van der Waals surface area contributed by atoms with Crippen molar-refractivity contribution in [3.05, 3.63) is 42.6 Å². The van der Waals surface area contributed by atoms with E-state index in [9.17, 15) is 9.90 Å². The zero-order valence-electron chi connectivity index (χ0n) is 12.9. The Morgan fingerprint density at radius 3 is 2.71 bits per heavy atom. The third kappa shape index (κ3) is 2.65. The maximum Gasteiger partial charge on any atom is 0.256 e. The van der Waals surface area contributed by atoms with E-state index in [2.05, 4.69) is 49.5 Å². The van der Waals surface area contributed by atoms with Gasteiger partial charge in [-0.1, -0.05) is 0 Å². The summed E-state index contributed by atoms with van der Waals surface area (Å²) in [4.78, 5) is 15.5. The van der Waals surface area contributed by atoms with Crippen molar-refractivity contribution in [2.45, 2.75) is 19.1 Å². The fraction of sp³-hybridized carbons (Fsp3) is 0.312. The van der Waals surface area contributed by atoms with Crippen molar-refractivity contribution in [2.24, 2.45) is 0 Å². The van der Waals surface area contributed by atoms with E-state index >= 15 is 0 Å². The number of hydrogen-bond acceptors (Lipinski definition) is 4. The summed E-state index contributed by atoms with van der Waals surface area (Å²) in [5.74, 6) is 0.130. The van der Waals surface area contributed by atoms with Crippen LogP contribution >= 0.6 is 43.2 Å². The van der Waals surface area contributed by atoms with E-state index in [-0.39, 0.29) is 17.8 Å². The Labute approximate surface area is 160 Å². The minimum absolute atomic E-state index is 0.0221. The van der Waals surface area contributed by atoms with Gasteiger partial charge in [0.2, 0.25) is 0 Å². The summed E-state index contributed by atoms with van der Waals surface area (Å²) in [6, 6.07) is 3.63. The second-order valence-electron chi connectivity index (χ2n) is 6.23. The lowest BCUT2D eigenvalue weighted by Crippen LogP contribution is -3.08.